The van der Waals surface area contributed by atoms with Crippen LogP contribution in [0.25, 0.3) is 0 Å². The number of halogens is 1. The molecule has 30 heavy (non-hydrogen) atoms. The Balaban J connectivity index is 1.24. The number of para-hydroxylation sites is 1. The number of nitrogens with one attached hydrogen (secondary N) is 2. The SMILES string of the molecule is O=C(NC12CC3CC(CC(C3)C1)C2)C1=C2C=CC=CN2C(Oc2ccccc2F)N1. The molecule has 1 unspecified atom stereocenters. The third kappa shape index (κ3) is 2.92. The minimum absolute atomic E-state index is 0.0649. The van der Waals surface area contributed by atoms with Gasteiger partial charge in [0.1, 0.15) is 5.70 Å². The van der Waals surface area contributed by atoms with Gasteiger partial charge in [-0.1, -0.05) is 18.2 Å². The zero-order chi connectivity index (χ0) is 20.3. The normalized spacial score (nSPS) is 35.4. The van der Waals surface area contributed by atoms with Gasteiger partial charge in [-0.15, -0.1) is 0 Å². The molecule has 0 spiro atoms. The van der Waals surface area contributed by atoms with Gasteiger partial charge in [0.2, 0.25) is 0 Å². The molecule has 5 nitrogen and oxygen atoms in total. The molecular weight excluding hydrogens is 381 g/mol. The number of fused-ring (bicyclic) bond motifs is 1. The zero-order valence-corrected chi connectivity index (χ0v) is 16.8. The average molecular weight is 407 g/mol. The van der Waals surface area contributed by atoms with Gasteiger partial charge in [0, 0.05) is 11.7 Å². The number of nitrogens with zero attached hydrogens (tertiary/aromatic N) is 1. The summed E-state index contributed by atoms with van der Waals surface area (Å²) < 4.78 is 20.0. The largest absolute Gasteiger partial charge is 0.449 e. The Hall–Kier alpha value is -2.76. The Morgan fingerprint density at radius 3 is 2.50 bits per heavy atom. The van der Waals surface area contributed by atoms with E-state index in [2.05, 4.69) is 10.6 Å². The van der Waals surface area contributed by atoms with Gasteiger partial charge in [-0.05, 0) is 80.6 Å². The summed E-state index contributed by atoms with van der Waals surface area (Å²) in [6.45, 7) is 0. The number of allylic oxidation sites excluding steroid dienone is 3. The summed E-state index contributed by atoms with van der Waals surface area (Å²) in [6, 6.07) is 6.31. The Labute approximate surface area is 175 Å². The third-order valence-electron chi connectivity index (χ3n) is 7.39. The Bertz CT molecular complexity index is 947. The maximum absolute atomic E-state index is 14.1. The third-order valence-corrected chi connectivity index (χ3v) is 7.39. The Morgan fingerprint density at radius 1 is 1.10 bits per heavy atom. The van der Waals surface area contributed by atoms with Crippen molar-refractivity contribution in [1.82, 2.24) is 15.5 Å². The maximum Gasteiger partial charge on any atom is 0.270 e. The van der Waals surface area contributed by atoms with Crippen molar-refractivity contribution in [2.45, 2.75) is 50.4 Å². The first-order chi connectivity index (χ1) is 14.6. The van der Waals surface area contributed by atoms with Crippen LogP contribution in [0.1, 0.15) is 38.5 Å². The zero-order valence-electron chi connectivity index (χ0n) is 16.8. The summed E-state index contributed by atoms with van der Waals surface area (Å²) in [5.41, 5.74) is 1.18. The second kappa shape index (κ2) is 6.62. The van der Waals surface area contributed by atoms with E-state index >= 15 is 0 Å². The number of carbonyl (C=O) groups excluding carboxylic acids is 1. The lowest BCUT2D eigenvalue weighted by Gasteiger charge is -2.56. The molecule has 1 atom stereocenters. The Kier molecular flexibility index (Phi) is 3.98. The van der Waals surface area contributed by atoms with Crippen molar-refractivity contribution < 1.29 is 13.9 Å². The molecule has 2 N–H and O–H groups in total. The van der Waals surface area contributed by atoms with Gasteiger partial charge in [0.05, 0.1) is 5.70 Å². The van der Waals surface area contributed by atoms with E-state index in [9.17, 15) is 9.18 Å². The molecule has 0 radical (unpaired) electrons. The van der Waals surface area contributed by atoms with E-state index in [0.717, 1.165) is 42.7 Å². The van der Waals surface area contributed by atoms with Crippen LogP contribution in [0.5, 0.6) is 5.75 Å². The smallest absolute Gasteiger partial charge is 0.270 e. The van der Waals surface area contributed by atoms with Crippen molar-refractivity contribution in [3.8, 4) is 5.75 Å². The van der Waals surface area contributed by atoms with Gasteiger partial charge in [-0.25, -0.2) is 4.39 Å². The van der Waals surface area contributed by atoms with Crippen LogP contribution in [0.4, 0.5) is 4.39 Å². The van der Waals surface area contributed by atoms with Gasteiger partial charge >= 0.3 is 0 Å². The van der Waals surface area contributed by atoms with Crippen LogP contribution in [-0.2, 0) is 4.79 Å². The second-order valence-corrected chi connectivity index (χ2v) is 9.57. The quantitative estimate of drug-likeness (QED) is 0.798. The van der Waals surface area contributed by atoms with Crippen LogP contribution in [-0.4, -0.2) is 22.7 Å². The first-order valence-electron chi connectivity index (χ1n) is 11.0. The van der Waals surface area contributed by atoms with Gasteiger partial charge in [0.25, 0.3) is 12.3 Å². The minimum atomic E-state index is -0.671. The number of hydrogen-bond donors (Lipinski definition) is 2. The summed E-state index contributed by atoms with van der Waals surface area (Å²) in [4.78, 5) is 15.2. The van der Waals surface area contributed by atoms with Gasteiger partial charge in [0.15, 0.2) is 11.6 Å². The second-order valence-electron chi connectivity index (χ2n) is 9.57. The Morgan fingerprint density at radius 2 is 1.80 bits per heavy atom. The summed E-state index contributed by atoms with van der Waals surface area (Å²) >= 11 is 0. The molecule has 4 fully saturated rings. The molecule has 4 bridgehead atoms. The predicted molar refractivity (Wildman–Crippen MR) is 110 cm³/mol. The summed E-state index contributed by atoms with van der Waals surface area (Å²) in [5.74, 6) is 1.92. The van der Waals surface area contributed by atoms with Crippen LogP contribution in [0, 0.1) is 23.6 Å². The van der Waals surface area contributed by atoms with E-state index in [0.29, 0.717) is 5.70 Å². The number of amides is 1. The highest BCUT2D eigenvalue weighted by molar-refractivity contribution is 5.95. The lowest BCUT2D eigenvalue weighted by Crippen LogP contribution is -2.60. The summed E-state index contributed by atoms with van der Waals surface area (Å²) in [5, 5.41) is 6.61. The molecule has 6 heteroatoms. The van der Waals surface area contributed by atoms with Crippen molar-refractivity contribution in [1.29, 1.82) is 0 Å². The predicted octanol–water partition coefficient (Wildman–Crippen LogP) is 3.77. The van der Waals surface area contributed by atoms with Crippen LogP contribution in [0.2, 0.25) is 0 Å². The average Bonchev–Trinajstić information content (AvgIpc) is 3.07. The first kappa shape index (κ1) is 18.0. The molecule has 7 rings (SSSR count). The number of benzene rings is 1. The monoisotopic (exact) mass is 407 g/mol. The fourth-order valence-corrected chi connectivity index (χ4v) is 6.64. The van der Waals surface area contributed by atoms with E-state index in [1.165, 1.54) is 25.3 Å². The molecule has 0 saturated heterocycles. The van der Waals surface area contributed by atoms with E-state index < -0.39 is 12.2 Å². The van der Waals surface area contributed by atoms with Crippen molar-refractivity contribution in [3.63, 3.8) is 0 Å². The van der Waals surface area contributed by atoms with E-state index in [4.69, 9.17) is 4.74 Å². The van der Waals surface area contributed by atoms with E-state index in [1.54, 1.807) is 18.2 Å². The molecule has 1 aromatic carbocycles. The topological polar surface area (TPSA) is 53.6 Å². The lowest BCUT2D eigenvalue weighted by atomic mass is 9.53. The van der Waals surface area contributed by atoms with Crippen molar-refractivity contribution in [3.05, 3.63) is 65.9 Å². The van der Waals surface area contributed by atoms with Crippen LogP contribution in [0.3, 0.4) is 0 Å². The first-order valence-corrected chi connectivity index (χ1v) is 11.0. The van der Waals surface area contributed by atoms with Gasteiger partial charge in [-0.2, -0.15) is 0 Å². The van der Waals surface area contributed by atoms with Crippen molar-refractivity contribution in [2.75, 3.05) is 0 Å². The maximum atomic E-state index is 14.1. The highest BCUT2D eigenvalue weighted by Gasteiger charge is 2.52. The van der Waals surface area contributed by atoms with Gasteiger partial charge < -0.3 is 15.4 Å². The number of carbonyl (C=O) groups is 1. The molecule has 0 aromatic heterocycles. The molecule has 156 valence electrons. The van der Waals surface area contributed by atoms with E-state index in [1.807, 2.05) is 29.3 Å². The fourth-order valence-electron chi connectivity index (χ4n) is 6.64. The molecule has 2 heterocycles. The number of rotatable bonds is 4. The van der Waals surface area contributed by atoms with Gasteiger partial charge in [-0.3, -0.25) is 9.69 Å². The summed E-state index contributed by atoms with van der Waals surface area (Å²) in [7, 11) is 0. The van der Waals surface area contributed by atoms with Crippen molar-refractivity contribution in [2.24, 2.45) is 17.8 Å². The standard InChI is InChI=1S/C24H26FN3O2/c25-18-5-1-2-7-20(18)30-23-26-21(19-6-3-4-8-28(19)23)22(29)27-24-12-15-9-16(13-24)11-17(10-15)14-24/h1-8,15-17,23,26H,9-14H2,(H,27,29). The van der Waals surface area contributed by atoms with Crippen LogP contribution >= 0.6 is 0 Å². The highest BCUT2D eigenvalue weighted by atomic mass is 19.1. The molecule has 4 saturated carbocycles. The molecule has 4 aliphatic carbocycles. The lowest BCUT2D eigenvalue weighted by molar-refractivity contribution is -0.123. The molecule has 2 aliphatic heterocycles. The van der Waals surface area contributed by atoms with E-state index in [-0.39, 0.29) is 17.2 Å². The molecule has 6 aliphatic rings. The van der Waals surface area contributed by atoms with Crippen molar-refractivity contribution >= 4 is 5.91 Å². The molecule has 1 amide bonds. The highest BCUT2D eigenvalue weighted by Crippen LogP contribution is 2.55. The van der Waals surface area contributed by atoms with Crippen LogP contribution in [0.15, 0.2) is 60.1 Å². The van der Waals surface area contributed by atoms with Crippen LogP contribution < -0.4 is 15.4 Å². The molecular formula is C24H26FN3O2. The number of hydrogen-bond acceptors (Lipinski definition) is 4. The minimum Gasteiger partial charge on any atom is -0.449 e. The fraction of sp³-hybridized carbons (Fsp3) is 0.458. The molecule has 1 aromatic rings. The summed E-state index contributed by atoms with van der Waals surface area (Å²) in [6.07, 6.45) is 14.1. The number of ether oxygens (including phenoxy) is 1.